The second-order valence-corrected chi connectivity index (χ2v) is 5.46. The fraction of sp³-hybridized carbons (Fsp3) is 0.400. The highest BCUT2D eigenvalue weighted by Crippen LogP contribution is 2.18. The second kappa shape index (κ2) is 7.68. The smallest absolute Gasteiger partial charge is 0.340 e. The molecule has 0 saturated carbocycles. The van der Waals surface area contributed by atoms with Gasteiger partial charge in [-0.05, 0) is 31.8 Å². The molecule has 1 atom stereocenters. The Morgan fingerprint density at radius 2 is 2.22 bits per heavy atom. The lowest BCUT2D eigenvalue weighted by molar-refractivity contribution is -0.121. The van der Waals surface area contributed by atoms with Crippen LogP contribution in [0.5, 0.6) is 0 Å². The monoisotopic (exact) mass is 321 g/mol. The molecule has 23 heavy (non-hydrogen) atoms. The topological polar surface area (TPSA) is 93.9 Å². The summed E-state index contributed by atoms with van der Waals surface area (Å²) in [6.07, 6.45) is 0.557. The van der Waals surface area contributed by atoms with E-state index in [-0.39, 0.29) is 29.9 Å². The summed E-state index contributed by atoms with van der Waals surface area (Å²) in [5, 5.41) is 8.82. The van der Waals surface area contributed by atoms with Crippen LogP contribution in [-0.2, 0) is 11.2 Å². The van der Waals surface area contributed by atoms with E-state index in [1.54, 1.807) is 6.07 Å². The summed E-state index contributed by atoms with van der Waals surface area (Å²) >= 11 is 0. The van der Waals surface area contributed by atoms with Crippen LogP contribution in [0.4, 0.5) is 4.39 Å². The molecule has 1 aromatic carbocycles. The molecule has 2 aromatic rings. The van der Waals surface area contributed by atoms with Crippen molar-refractivity contribution < 1.29 is 9.18 Å². The molecule has 0 aliphatic heterocycles. The number of carbonyl (C=O) groups is 1. The van der Waals surface area contributed by atoms with Crippen molar-refractivity contribution in [3.63, 3.8) is 0 Å². The van der Waals surface area contributed by atoms with Gasteiger partial charge in [0.25, 0.3) is 0 Å². The first-order valence-electron chi connectivity index (χ1n) is 7.28. The molecule has 0 aliphatic rings. The van der Waals surface area contributed by atoms with Crippen LogP contribution in [0.15, 0.2) is 29.1 Å². The molecule has 0 aliphatic carbocycles. The van der Waals surface area contributed by atoms with Gasteiger partial charge < -0.3 is 10.2 Å². The van der Waals surface area contributed by atoms with Crippen molar-refractivity contribution in [3.8, 4) is 0 Å². The lowest BCUT2D eigenvalue weighted by atomic mass is 10.1. The lowest BCUT2D eigenvalue weighted by Gasteiger charge is -2.25. The summed E-state index contributed by atoms with van der Waals surface area (Å²) in [5.74, 6) is -0.0142. The quantitative estimate of drug-likeness (QED) is 0.696. The molecule has 124 valence electrons. The van der Waals surface area contributed by atoms with Crippen molar-refractivity contribution in [2.24, 2.45) is 0 Å². The average molecular weight is 321 g/mol. The number of carbonyl (C=O) groups excluding carboxylic acids is 1. The summed E-state index contributed by atoms with van der Waals surface area (Å²) in [6.45, 7) is 0.367. The number of hydrogen-bond acceptors (Lipinski definition) is 4. The molecule has 1 amide bonds. The Labute approximate surface area is 132 Å². The van der Waals surface area contributed by atoms with E-state index in [9.17, 15) is 14.0 Å². The molecule has 1 aromatic heterocycles. The molecule has 0 spiro atoms. The molecule has 3 N–H and O–H groups in total. The Morgan fingerprint density at radius 3 is 2.83 bits per heavy atom. The third-order valence-electron chi connectivity index (χ3n) is 3.49. The summed E-state index contributed by atoms with van der Waals surface area (Å²) in [5.41, 5.74) is 0.408. The first-order chi connectivity index (χ1) is 11.0. The van der Waals surface area contributed by atoms with Crippen LogP contribution in [0, 0.1) is 5.82 Å². The van der Waals surface area contributed by atoms with Crippen molar-refractivity contribution in [1.29, 1.82) is 0 Å². The number of rotatable bonds is 7. The van der Waals surface area contributed by atoms with Gasteiger partial charge in [0.15, 0.2) is 0 Å². The highest BCUT2D eigenvalue weighted by molar-refractivity contribution is 5.76. The third kappa shape index (κ3) is 5.03. The van der Waals surface area contributed by atoms with Gasteiger partial charge in [-0.25, -0.2) is 14.3 Å². The number of aryl methyl sites for hydroxylation is 1. The first-order valence-corrected chi connectivity index (χ1v) is 7.28. The first kappa shape index (κ1) is 16.9. The normalized spacial score (nSPS) is 12.3. The number of aromatic nitrogens is 3. The number of benzene rings is 1. The van der Waals surface area contributed by atoms with Crippen molar-refractivity contribution in [3.05, 3.63) is 52.0 Å². The maximum absolute atomic E-state index is 13.4. The number of halogens is 1. The van der Waals surface area contributed by atoms with E-state index in [1.165, 1.54) is 12.1 Å². The van der Waals surface area contributed by atoms with Crippen LogP contribution >= 0.6 is 0 Å². The number of aromatic amines is 2. The van der Waals surface area contributed by atoms with Crippen LogP contribution in [0.2, 0.25) is 0 Å². The van der Waals surface area contributed by atoms with Gasteiger partial charge in [0.05, 0.1) is 6.04 Å². The van der Waals surface area contributed by atoms with Crippen molar-refractivity contribution >= 4 is 5.91 Å². The van der Waals surface area contributed by atoms with Gasteiger partial charge in [0.2, 0.25) is 5.91 Å². The van der Waals surface area contributed by atoms with Gasteiger partial charge >= 0.3 is 5.69 Å². The van der Waals surface area contributed by atoms with Gasteiger partial charge in [-0.1, -0.05) is 12.1 Å². The molecule has 1 unspecified atom stereocenters. The SMILES string of the molecule is CN(C)C(CNC(=O)CCc1n[nH]c(=O)[nH]1)c1cccc(F)c1. The van der Waals surface area contributed by atoms with Crippen molar-refractivity contribution in [2.75, 3.05) is 20.6 Å². The zero-order chi connectivity index (χ0) is 16.8. The fourth-order valence-corrected chi connectivity index (χ4v) is 2.27. The largest absolute Gasteiger partial charge is 0.354 e. The van der Waals surface area contributed by atoms with Crippen LogP contribution in [0.3, 0.4) is 0 Å². The van der Waals surface area contributed by atoms with Gasteiger partial charge in [-0.3, -0.25) is 9.78 Å². The highest BCUT2D eigenvalue weighted by Gasteiger charge is 2.16. The maximum Gasteiger partial charge on any atom is 0.340 e. The van der Waals surface area contributed by atoms with E-state index in [1.807, 2.05) is 25.1 Å². The molecule has 1 heterocycles. The Balaban J connectivity index is 1.88. The summed E-state index contributed by atoms with van der Waals surface area (Å²) < 4.78 is 13.4. The molecule has 2 rings (SSSR count). The number of hydrogen-bond donors (Lipinski definition) is 3. The summed E-state index contributed by atoms with van der Waals surface area (Å²) in [6, 6.07) is 6.20. The zero-order valence-electron chi connectivity index (χ0n) is 13.1. The van der Waals surface area contributed by atoms with E-state index in [4.69, 9.17) is 0 Å². The number of H-pyrrole nitrogens is 2. The average Bonchev–Trinajstić information content (AvgIpc) is 2.91. The van der Waals surface area contributed by atoms with Gasteiger partial charge in [0.1, 0.15) is 11.6 Å². The Bertz CT molecular complexity index is 710. The fourth-order valence-electron chi connectivity index (χ4n) is 2.27. The summed E-state index contributed by atoms with van der Waals surface area (Å²) in [7, 11) is 3.74. The Morgan fingerprint density at radius 1 is 1.43 bits per heavy atom. The van der Waals surface area contributed by atoms with E-state index in [2.05, 4.69) is 20.5 Å². The standard InChI is InChI=1S/C15H20FN5O2/c1-21(2)12(10-4-3-5-11(16)8-10)9-17-14(22)7-6-13-18-15(23)20-19-13/h3-5,8,12H,6-7,9H2,1-2H3,(H,17,22)(H2,18,19,20,23). The molecule has 0 bridgehead atoms. The number of likely N-dealkylation sites (N-methyl/N-ethyl adjacent to an activating group) is 1. The number of amides is 1. The van der Waals surface area contributed by atoms with Crippen LogP contribution in [0.25, 0.3) is 0 Å². The predicted octanol–water partition coefficient (Wildman–Crippen LogP) is 0.589. The molecule has 0 fully saturated rings. The molecule has 0 radical (unpaired) electrons. The predicted molar refractivity (Wildman–Crippen MR) is 83.4 cm³/mol. The maximum atomic E-state index is 13.4. The Kier molecular flexibility index (Phi) is 5.64. The minimum absolute atomic E-state index is 0.125. The molecule has 0 saturated heterocycles. The van der Waals surface area contributed by atoms with Crippen LogP contribution in [-0.4, -0.2) is 46.6 Å². The summed E-state index contributed by atoms with van der Waals surface area (Å²) in [4.78, 5) is 27.2. The minimum atomic E-state index is -0.390. The molecular formula is C15H20FN5O2. The van der Waals surface area contributed by atoms with Crippen LogP contribution in [0.1, 0.15) is 23.9 Å². The lowest BCUT2D eigenvalue weighted by Crippen LogP contribution is -2.34. The van der Waals surface area contributed by atoms with E-state index in [0.717, 1.165) is 5.56 Å². The van der Waals surface area contributed by atoms with E-state index in [0.29, 0.717) is 18.8 Å². The third-order valence-corrected chi connectivity index (χ3v) is 3.49. The van der Waals surface area contributed by atoms with Gasteiger partial charge in [-0.2, -0.15) is 5.10 Å². The highest BCUT2D eigenvalue weighted by atomic mass is 19.1. The van der Waals surface area contributed by atoms with Crippen LogP contribution < -0.4 is 11.0 Å². The molecule has 8 heteroatoms. The van der Waals surface area contributed by atoms with E-state index >= 15 is 0 Å². The Hall–Kier alpha value is -2.48. The van der Waals surface area contributed by atoms with Crippen molar-refractivity contribution in [2.45, 2.75) is 18.9 Å². The second-order valence-electron chi connectivity index (χ2n) is 5.46. The number of nitrogens with one attached hydrogen (secondary N) is 3. The van der Waals surface area contributed by atoms with Gasteiger partial charge in [0, 0.05) is 19.4 Å². The van der Waals surface area contributed by atoms with Crippen molar-refractivity contribution in [1.82, 2.24) is 25.4 Å². The molecule has 7 nitrogen and oxygen atoms in total. The zero-order valence-corrected chi connectivity index (χ0v) is 13.1. The van der Waals surface area contributed by atoms with E-state index < -0.39 is 0 Å². The minimum Gasteiger partial charge on any atom is -0.354 e. The number of nitrogens with zero attached hydrogens (tertiary/aromatic N) is 2. The van der Waals surface area contributed by atoms with Gasteiger partial charge in [-0.15, -0.1) is 0 Å². The molecular weight excluding hydrogens is 301 g/mol.